The van der Waals surface area contributed by atoms with Crippen molar-refractivity contribution < 1.29 is 19.1 Å². The molecule has 0 unspecified atom stereocenters. The van der Waals surface area contributed by atoms with Gasteiger partial charge in [-0.05, 0) is 61.4 Å². The van der Waals surface area contributed by atoms with Gasteiger partial charge in [0.05, 0.1) is 25.3 Å². The summed E-state index contributed by atoms with van der Waals surface area (Å²) in [4.78, 5) is 44.2. The van der Waals surface area contributed by atoms with Crippen molar-refractivity contribution in [3.05, 3.63) is 59.3 Å². The predicted molar refractivity (Wildman–Crippen MR) is 116 cm³/mol. The maximum atomic E-state index is 13.2. The van der Waals surface area contributed by atoms with Gasteiger partial charge in [0.2, 0.25) is 5.91 Å². The molecule has 158 valence electrons. The van der Waals surface area contributed by atoms with E-state index in [1.165, 1.54) is 17.4 Å². The average molecular weight is 417 g/mol. The maximum Gasteiger partial charge on any atom is 0.251 e. The Morgan fingerprint density at radius 2 is 1.90 bits per heavy atom. The van der Waals surface area contributed by atoms with Gasteiger partial charge in [0.15, 0.2) is 5.78 Å². The number of ether oxygens (including phenoxy) is 1. The lowest BCUT2D eigenvalue weighted by Crippen LogP contribution is -2.44. The van der Waals surface area contributed by atoms with Crippen LogP contribution in [-0.4, -0.2) is 47.2 Å². The number of hydrogen-bond acceptors (Lipinski definition) is 5. The first-order chi connectivity index (χ1) is 15.0. The quantitative estimate of drug-likeness (QED) is 0.521. The van der Waals surface area contributed by atoms with Crippen LogP contribution >= 0.6 is 0 Å². The minimum Gasteiger partial charge on any atom is -0.497 e. The lowest BCUT2D eigenvalue weighted by molar-refractivity contribution is -0.123. The number of hydrogen-bond donors (Lipinski definition) is 1. The fraction of sp³-hybridized carbons (Fsp3) is 0.292. The molecule has 0 spiro atoms. The van der Waals surface area contributed by atoms with Gasteiger partial charge in [0, 0.05) is 35.2 Å². The second-order valence-corrected chi connectivity index (χ2v) is 8.10. The summed E-state index contributed by atoms with van der Waals surface area (Å²) in [7, 11) is 1.66. The molecule has 2 aliphatic heterocycles. The highest BCUT2D eigenvalue weighted by Gasteiger charge is 2.43. The van der Waals surface area contributed by atoms with E-state index >= 15 is 0 Å². The molecular formula is C24H23N3O4. The molecule has 0 aliphatic carbocycles. The van der Waals surface area contributed by atoms with Crippen LogP contribution in [-0.2, 0) is 22.6 Å². The van der Waals surface area contributed by atoms with Crippen molar-refractivity contribution in [2.24, 2.45) is 0 Å². The van der Waals surface area contributed by atoms with E-state index in [0.29, 0.717) is 24.3 Å². The number of amides is 2. The van der Waals surface area contributed by atoms with Gasteiger partial charge >= 0.3 is 0 Å². The molecule has 2 aromatic carbocycles. The zero-order valence-electron chi connectivity index (χ0n) is 17.5. The zero-order valence-corrected chi connectivity index (χ0v) is 17.5. The number of fused-ring (bicyclic) bond motifs is 3. The summed E-state index contributed by atoms with van der Waals surface area (Å²) in [6.45, 7) is 2.78. The van der Waals surface area contributed by atoms with Crippen LogP contribution in [0.2, 0.25) is 0 Å². The molecule has 1 saturated heterocycles. The average Bonchev–Trinajstić information content (AvgIpc) is 3.29. The number of benzene rings is 2. The minimum absolute atomic E-state index is 0.0522. The van der Waals surface area contributed by atoms with Crippen LogP contribution in [0.15, 0.2) is 42.5 Å². The number of aromatic nitrogens is 1. The summed E-state index contributed by atoms with van der Waals surface area (Å²) in [5.41, 5.74) is 4.45. The molecule has 7 nitrogen and oxygen atoms in total. The zero-order chi connectivity index (χ0) is 21.7. The summed E-state index contributed by atoms with van der Waals surface area (Å²) in [5.74, 6) is 0.350. The van der Waals surface area contributed by atoms with Crippen LogP contribution in [0.25, 0.3) is 10.9 Å². The van der Waals surface area contributed by atoms with E-state index in [-0.39, 0.29) is 24.0 Å². The number of anilines is 1. The molecule has 1 aromatic heterocycles. The molecule has 1 atom stereocenters. The third-order valence-corrected chi connectivity index (χ3v) is 6.31. The van der Waals surface area contributed by atoms with Crippen molar-refractivity contribution in [2.75, 3.05) is 18.6 Å². The Kier molecular flexibility index (Phi) is 4.63. The number of rotatable bonds is 4. The third kappa shape index (κ3) is 3.21. The highest BCUT2D eigenvalue weighted by Crippen LogP contribution is 2.33. The highest BCUT2D eigenvalue weighted by atomic mass is 16.5. The van der Waals surface area contributed by atoms with Crippen LogP contribution in [0.3, 0.4) is 0 Å². The van der Waals surface area contributed by atoms with E-state index in [9.17, 15) is 14.4 Å². The number of aromatic amines is 1. The van der Waals surface area contributed by atoms with Crippen molar-refractivity contribution in [2.45, 2.75) is 32.4 Å². The normalized spacial score (nSPS) is 19.2. The molecule has 0 radical (unpaired) electrons. The molecule has 7 heteroatoms. The Labute approximate surface area is 179 Å². The van der Waals surface area contributed by atoms with E-state index in [4.69, 9.17) is 4.74 Å². The lowest BCUT2D eigenvalue weighted by atomic mass is 10.0. The number of H-pyrrole nitrogens is 1. The monoisotopic (exact) mass is 417 g/mol. The summed E-state index contributed by atoms with van der Waals surface area (Å²) < 4.78 is 5.35. The van der Waals surface area contributed by atoms with Gasteiger partial charge in [-0.1, -0.05) is 0 Å². The molecule has 2 aliphatic rings. The number of carbonyl (C=O) groups is 3. The summed E-state index contributed by atoms with van der Waals surface area (Å²) in [6, 6.07) is 12.1. The van der Waals surface area contributed by atoms with Gasteiger partial charge in [0.25, 0.3) is 5.91 Å². The third-order valence-electron chi connectivity index (χ3n) is 6.31. The first-order valence-corrected chi connectivity index (χ1v) is 10.4. The number of carbonyl (C=O) groups excluding carboxylic acids is 3. The molecular weight excluding hydrogens is 394 g/mol. The Balaban J connectivity index is 1.38. The fourth-order valence-electron chi connectivity index (χ4n) is 4.65. The van der Waals surface area contributed by atoms with E-state index in [2.05, 4.69) is 9.88 Å². The molecule has 3 aromatic rings. The van der Waals surface area contributed by atoms with Crippen molar-refractivity contribution in [1.82, 2.24) is 9.88 Å². The Morgan fingerprint density at radius 1 is 1.13 bits per heavy atom. The Hall–Kier alpha value is -3.45. The smallest absolute Gasteiger partial charge is 0.251 e. The van der Waals surface area contributed by atoms with Crippen LogP contribution < -0.4 is 9.64 Å². The molecule has 5 rings (SSSR count). The SMILES string of the molecule is COc1ccc2[nH]c3c(c2c1)CCN([C@H]1CC(=O)N(c2ccc(C(C)=O)cc2)C1=O)C3. The molecule has 1 N–H and O–H groups in total. The van der Waals surface area contributed by atoms with Gasteiger partial charge in [-0.15, -0.1) is 0 Å². The van der Waals surface area contributed by atoms with Crippen molar-refractivity contribution >= 4 is 34.2 Å². The maximum absolute atomic E-state index is 13.2. The minimum atomic E-state index is -0.478. The van der Waals surface area contributed by atoms with Gasteiger partial charge in [-0.25, -0.2) is 4.90 Å². The van der Waals surface area contributed by atoms with Gasteiger partial charge in [-0.2, -0.15) is 0 Å². The van der Waals surface area contributed by atoms with E-state index < -0.39 is 6.04 Å². The standard InChI is InChI=1S/C24H23N3O4/c1-14(28)15-3-5-16(6-4-15)27-23(29)12-22(24(27)30)26-10-9-18-19-11-17(31-2)7-8-20(19)25-21(18)13-26/h3-8,11,22,25H,9-10,12-13H2,1-2H3/t22-/m0/s1. The highest BCUT2D eigenvalue weighted by molar-refractivity contribution is 6.22. The molecule has 3 heterocycles. The molecule has 31 heavy (non-hydrogen) atoms. The number of ketones is 1. The fourth-order valence-corrected chi connectivity index (χ4v) is 4.65. The van der Waals surface area contributed by atoms with Crippen LogP contribution in [0.5, 0.6) is 5.75 Å². The summed E-state index contributed by atoms with van der Waals surface area (Å²) in [6.07, 6.45) is 0.963. The van der Waals surface area contributed by atoms with Gasteiger partial charge in [0.1, 0.15) is 5.75 Å². The molecule has 0 bridgehead atoms. The van der Waals surface area contributed by atoms with E-state index in [1.54, 1.807) is 31.4 Å². The second kappa shape index (κ2) is 7.35. The summed E-state index contributed by atoms with van der Waals surface area (Å²) in [5, 5.41) is 1.15. The van der Waals surface area contributed by atoms with Crippen LogP contribution in [0, 0.1) is 0 Å². The van der Waals surface area contributed by atoms with Crippen LogP contribution in [0.4, 0.5) is 5.69 Å². The molecule has 1 fully saturated rings. The van der Waals surface area contributed by atoms with Crippen molar-refractivity contribution in [3.8, 4) is 5.75 Å². The first kappa shape index (κ1) is 19.5. The van der Waals surface area contributed by atoms with Gasteiger partial charge in [-0.3, -0.25) is 19.3 Å². The van der Waals surface area contributed by atoms with E-state index in [1.807, 2.05) is 18.2 Å². The van der Waals surface area contributed by atoms with Crippen molar-refractivity contribution in [3.63, 3.8) is 0 Å². The number of nitrogens with zero attached hydrogens (tertiary/aromatic N) is 2. The number of Topliss-reactive ketones (excluding diaryl/α,β-unsaturated/α-hetero) is 1. The van der Waals surface area contributed by atoms with Gasteiger partial charge < -0.3 is 9.72 Å². The van der Waals surface area contributed by atoms with Crippen LogP contribution in [0.1, 0.15) is 35.0 Å². The number of imide groups is 1. The van der Waals surface area contributed by atoms with E-state index in [0.717, 1.165) is 28.8 Å². The molecule has 0 saturated carbocycles. The second-order valence-electron chi connectivity index (χ2n) is 8.10. The summed E-state index contributed by atoms with van der Waals surface area (Å²) >= 11 is 0. The number of methoxy groups -OCH3 is 1. The topological polar surface area (TPSA) is 82.7 Å². The predicted octanol–water partition coefficient (Wildman–Crippen LogP) is 3.07. The van der Waals surface area contributed by atoms with Crippen molar-refractivity contribution in [1.29, 1.82) is 0 Å². The Bertz CT molecular complexity index is 1210. The molecule has 2 amide bonds. The Morgan fingerprint density at radius 3 is 2.61 bits per heavy atom. The number of nitrogens with one attached hydrogen (secondary N) is 1. The first-order valence-electron chi connectivity index (χ1n) is 10.4. The lowest BCUT2D eigenvalue weighted by Gasteiger charge is -2.30. The largest absolute Gasteiger partial charge is 0.497 e.